The van der Waals surface area contributed by atoms with E-state index in [1.165, 1.54) is 12.1 Å². The lowest BCUT2D eigenvalue weighted by molar-refractivity contribution is 0.174. The van der Waals surface area contributed by atoms with Gasteiger partial charge in [0.05, 0.1) is 5.69 Å². The van der Waals surface area contributed by atoms with E-state index in [1.807, 2.05) is 18.2 Å². The molecule has 0 amide bonds. The van der Waals surface area contributed by atoms with Crippen LogP contribution in [-0.2, 0) is 6.54 Å². The summed E-state index contributed by atoms with van der Waals surface area (Å²) in [5, 5.41) is 6.05. The third kappa shape index (κ3) is 3.89. The van der Waals surface area contributed by atoms with Crippen molar-refractivity contribution < 1.29 is 18.3 Å². The van der Waals surface area contributed by atoms with Gasteiger partial charge in [-0.25, -0.2) is 18.7 Å². The van der Waals surface area contributed by atoms with Gasteiger partial charge in [0.15, 0.2) is 11.5 Å². The van der Waals surface area contributed by atoms with Gasteiger partial charge in [-0.2, -0.15) is 0 Å². The van der Waals surface area contributed by atoms with Crippen LogP contribution in [0.2, 0.25) is 0 Å². The van der Waals surface area contributed by atoms with E-state index < -0.39 is 11.6 Å². The Balaban J connectivity index is 1.48. The summed E-state index contributed by atoms with van der Waals surface area (Å²) in [6.07, 6.45) is 0. The zero-order valence-electron chi connectivity index (χ0n) is 14.4. The number of hydrogen-bond donors (Lipinski definition) is 2. The Morgan fingerprint density at radius 3 is 2.63 bits per heavy atom. The summed E-state index contributed by atoms with van der Waals surface area (Å²) in [7, 11) is 0. The predicted octanol–water partition coefficient (Wildman–Crippen LogP) is 4.15. The van der Waals surface area contributed by atoms with Crippen LogP contribution in [0.5, 0.6) is 11.5 Å². The highest BCUT2D eigenvalue weighted by Crippen LogP contribution is 2.32. The lowest BCUT2D eigenvalue weighted by Gasteiger charge is -2.11. The number of benzene rings is 2. The van der Waals surface area contributed by atoms with Crippen LogP contribution in [0.4, 0.5) is 26.1 Å². The van der Waals surface area contributed by atoms with Gasteiger partial charge in [-0.05, 0) is 36.8 Å². The highest BCUT2D eigenvalue weighted by atomic mass is 19.1. The molecule has 4 rings (SSSR count). The number of rotatable bonds is 5. The van der Waals surface area contributed by atoms with Crippen molar-refractivity contribution in [2.45, 2.75) is 13.5 Å². The van der Waals surface area contributed by atoms with E-state index in [-0.39, 0.29) is 12.5 Å². The summed E-state index contributed by atoms with van der Waals surface area (Å²) < 4.78 is 37.5. The average Bonchev–Trinajstić information content (AvgIpc) is 3.10. The van der Waals surface area contributed by atoms with Crippen LogP contribution in [-0.4, -0.2) is 16.8 Å². The van der Waals surface area contributed by atoms with Crippen molar-refractivity contribution in [2.75, 3.05) is 17.4 Å². The van der Waals surface area contributed by atoms with Crippen LogP contribution >= 0.6 is 0 Å². The van der Waals surface area contributed by atoms with Crippen LogP contribution in [0.15, 0.2) is 42.5 Å². The molecule has 1 aliphatic rings. The van der Waals surface area contributed by atoms with Crippen LogP contribution in [0, 0.1) is 18.6 Å². The molecule has 2 aromatic carbocycles. The molecule has 1 aromatic heterocycles. The summed E-state index contributed by atoms with van der Waals surface area (Å²) in [5.41, 5.74) is 1.13. The SMILES string of the molecule is Cc1nc(NCc2ccc3c(c2)OCO3)cc(Nc2ccc(F)cc2F)n1. The third-order valence-corrected chi connectivity index (χ3v) is 3.94. The Morgan fingerprint density at radius 2 is 1.78 bits per heavy atom. The molecule has 27 heavy (non-hydrogen) atoms. The molecule has 2 heterocycles. The van der Waals surface area contributed by atoms with Gasteiger partial charge in [0.25, 0.3) is 0 Å². The van der Waals surface area contributed by atoms with Gasteiger partial charge in [0, 0.05) is 18.7 Å². The molecule has 0 aliphatic carbocycles. The number of hydrogen-bond acceptors (Lipinski definition) is 6. The fourth-order valence-electron chi connectivity index (χ4n) is 2.69. The van der Waals surface area contributed by atoms with Crippen molar-refractivity contribution in [3.8, 4) is 11.5 Å². The molecule has 0 unspecified atom stereocenters. The summed E-state index contributed by atoms with van der Waals surface area (Å²) in [6.45, 7) is 2.47. The number of aryl methyl sites for hydroxylation is 1. The van der Waals surface area contributed by atoms with Crippen molar-refractivity contribution in [3.05, 3.63) is 65.5 Å². The molecule has 3 aromatic rings. The molecular formula is C19H16F2N4O2. The molecule has 138 valence electrons. The van der Waals surface area contributed by atoms with Crippen molar-refractivity contribution in [3.63, 3.8) is 0 Å². The fraction of sp³-hybridized carbons (Fsp3) is 0.158. The van der Waals surface area contributed by atoms with Gasteiger partial charge in [-0.3, -0.25) is 0 Å². The second-order valence-corrected chi connectivity index (χ2v) is 5.98. The Kier molecular flexibility index (Phi) is 4.45. The summed E-state index contributed by atoms with van der Waals surface area (Å²) in [5.74, 6) is 1.60. The first-order chi connectivity index (χ1) is 13.1. The first-order valence-corrected chi connectivity index (χ1v) is 8.27. The highest BCUT2D eigenvalue weighted by molar-refractivity contribution is 5.60. The first-order valence-electron chi connectivity index (χ1n) is 8.27. The normalized spacial score (nSPS) is 12.1. The molecule has 0 fully saturated rings. The van der Waals surface area contributed by atoms with Gasteiger partial charge >= 0.3 is 0 Å². The molecule has 0 saturated carbocycles. The van der Waals surface area contributed by atoms with E-state index in [4.69, 9.17) is 9.47 Å². The molecule has 0 atom stereocenters. The molecule has 2 N–H and O–H groups in total. The molecule has 0 radical (unpaired) electrons. The molecular weight excluding hydrogens is 354 g/mol. The van der Waals surface area contributed by atoms with Crippen molar-refractivity contribution in [1.29, 1.82) is 0 Å². The average molecular weight is 370 g/mol. The van der Waals surface area contributed by atoms with Crippen LogP contribution in [0.3, 0.4) is 0 Å². The number of aromatic nitrogens is 2. The molecule has 0 saturated heterocycles. The second-order valence-electron chi connectivity index (χ2n) is 5.98. The Morgan fingerprint density at radius 1 is 0.963 bits per heavy atom. The summed E-state index contributed by atoms with van der Waals surface area (Å²) in [6, 6.07) is 10.7. The van der Waals surface area contributed by atoms with Gasteiger partial charge < -0.3 is 20.1 Å². The first kappa shape index (κ1) is 17.0. The highest BCUT2D eigenvalue weighted by Gasteiger charge is 2.13. The predicted molar refractivity (Wildman–Crippen MR) is 96.3 cm³/mol. The van der Waals surface area contributed by atoms with E-state index in [9.17, 15) is 8.78 Å². The van der Waals surface area contributed by atoms with E-state index in [2.05, 4.69) is 20.6 Å². The third-order valence-electron chi connectivity index (χ3n) is 3.94. The second kappa shape index (κ2) is 7.06. The topological polar surface area (TPSA) is 68.3 Å². The van der Waals surface area contributed by atoms with Crippen molar-refractivity contribution in [1.82, 2.24) is 9.97 Å². The smallest absolute Gasteiger partial charge is 0.231 e. The molecule has 0 bridgehead atoms. The van der Waals surface area contributed by atoms with Crippen molar-refractivity contribution >= 4 is 17.3 Å². The van der Waals surface area contributed by atoms with Gasteiger partial charge in [0.2, 0.25) is 6.79 Å². The number of halogens is 2. The van der Waals surface area contributed by atoms with Gasteiger partial charge in [-0.15, -0.1) is 0 Å². The van der Waals surface area contributed by atoms with Crippen molar-refractivity contribution in [2.24, 2.45) is 0 Å². The maximum atomic E-state index is 13.8. The quantitative estimate of drug-likeness (QED) is 0.703. The summed E-state index contributed by atoms with van der Waals surface area (Å²) in [4.78, 5) is 8.56. The number of anilines is 3. The number of fused-ring (bicyclic) bond motifs is 1. The van der Waals surface area contributed by atoms with Crippen LogP contribution in [0.1, 0.15) is 11.4 Å². The maximum absolute atomic E-state index is 13.8. The molecule has 1 aliphatic heterocycles. The van der Waals surface area contributed by atoms with Gasteiger partial charge in [0.1, 0.15) is 29.1 Å². The van der Waals surface area contributed by atoms with E-state index in [1.54, 1.807) is 13.0 Å². The minimum atomic E-state index is -0.693. The minimum absolute atomic E-state index is 0.135. The summed E-state index contributed by atoms with van der Waals surface area (Å²) >= 11 is 0. The fourth-order valence-corrected chi connectivity index (χ4v) is 2.69. The van der Waals surface area contributed by atoms with E-state index in [0.29, 0.717) is 29.8 Å². The Hall–Kier alpha value is -3.42. The number of nitrogens with one attached hydrogen (secondary N) is 2. The molecule has 0 spiro atoms. The van der Waals surface area contributed by atoms with E-state index in [0.717, 1.165) is 17.4 Å². The zero-order valence-corrected chi connectivity index (χ0v) is 14.4. The lowest BCUT2D eigenvalue weighted by Crippen LogP contribution is -2.05. The number of nitrogens with zero attached hydrogens (tertiary/aromatic N) is 2. The lowest BCUT2D eigenvalue weighted by atomic mass is 10.2. The van der Waals surface area contributed by atoms with Crippen LogP contribution in [0.25, 0.3) is 0 Å². The van der Waals surface area contributed by atoms with Gasteiger partial charge in [-0.1, -0.05) is 6.07 Å². The minimum Gasteiger partial charge on any atom is -0.454 e. The Bertz CT molecular complexity index is 997. The van der Waals surface area contributed by atoms with Crippen LogP contribution < -0.4 is 20.1 Å². The monoisotopic (exact) mass is 370 g/mol. The standard InChI is InChI=1S/C19H16F2N4O2/c1-11-23-18(22-9-12-2-5-16-17(6-12)27-10-26-16)8-19(24-11)25-15-4-3-13(20)7-14(15)21/h2-8H,9-10H2,1H3,(H2,22,23,24,25). The largest absolute Gasteiger partial charge is 0.454 e. The molecule has 6 nitrogen and oxygen atoms in total. The van der Waals surface area contributed by atoms with E-state index >= 15 is 0 Å². The number of ether oxygens (including phenoxy) is 2. The zero-order chi connectivity index (χ0) is 18.8. The maximum Gasteiger partial charge on any atom is 0.231 e. The Labute approximate surface area is 154 Å². The molecule has 8 heteroatoms.